The first-order chi connectivity index (χ1) is 16.6. The third kappa shape index (κ3) is 6.91. The van der Waals surface area contributed by atoms with Crippen molar-refractivity contribution in [2.45, 2.75) is 45.4 Å². The van der Waals surface area contributed by atoms with Crippen molar-refractivity contribution in [1.29, 1.82) is 0 Å². The van der Waals surface area contributed by atoms with E-state index in [1.807, 2.05) is 32.3 Å². The first kappa shape index (κ1) is 27.3. The monoisotopic (exact) mass is 553 g/mol. The van der Waals surface area contributed by atoms with E-state index in [-0.39, 0.29) is 23.5 Å². The Morgan fingerprint density at radius 2 is 1.80 bits per heavy atom. The van der Waals surface area contributed by atoms with E-state index >= 15 is 0 Å². The number of nitrogens with zero attached hydrogens (tertiary/aromatic N) is 3. The normalized spacial score (nSPS) is 12.0. The number of anilines is 1. The predicted molar refractivity (Wildman–Crippen MR) is 143 cm³/mol. The standard InChI is InChI=1S/C24H26Cl3N5O2S/c1-5-32-22(21(13(2)3)29-23(34)15-6-8-17(26)18(27)11-15)30-31-24(32)35-12-20(33)28-19-9-7-16(25)10-14(19)4/h6-11,13,21H,5,12H2,1-4H3,(H,28,33)(H,29,34)/t21-/m0/s1. The van der Waals surface area contributed by atoms with E-state index in [2.05, 4.69) is 20.8 Å². The molecule has 3 rings (SSSR count). The zero-order valence-corrected chi connectivity index (χ0v) is 22.8. The van der Waals surface area contributed by atoms with E-state index in [1.165, 1.54) is 17.8 Å². The second kappa shape index (κ2) is 12.1. The number of carbonyl (C=O) groups is 2. The number of benzene rings is 2. The van der Waals surface area contributed by atoms with Crippen molar-refractivity contribution >= 4 is 64.1 Å². The van der Waals surface area contributed by atoms with Crippen LogP contribution in [0, 0.1) is 12.8 Å². The molecule has 0 aliphatic heterocycles. The molecule has 1 atom stereocenters. The van der Waals surface area contributed by atoms with Crippen LogP contribution in [-0.2, 0) is 11.3 Å². The Balaban J connectivity index is 1.72. The van der Waals surface area contributed by atoms with Crippen molar-refractivity contribution in [1.82, 2.24) is 20.1 Å². The SMILES string of the molecule is CCn1c(SCC(=O)Nc2ccc(Cl)cc2C)nnc1[C@@H](NC(=O)c1ccc(Cl)c(Cl)c1)C(C)C. The summed E-state index contributed by atoms with van der Waals surface area (Å²) < 4.78 is 1.91. The van der Waals surface area contributed by atoms with Crippen molar-refractivity contribution in [2.24, 2.45) is 5.92 Å². The molecule has 2 N–H and O–H groups in total. The van der Waals surface area contributed by atoms with Crippen LogP contribution in [0.5, 0.6) is 0 Å². The Bertz CT molecular complexity index is 1230. The van der Waals surface area contributed by atoms with Gasteiger partial charge in [-0.25, -0.2) is 0 Å². The number of carbonyl (C=O) groups excluding carboxylic acids is 2. The van der Waals surface area contributed by atoms with Crippen LogP contribution in [0.2, 0.25) is 15.1 Å². The van der Waals surface area contributed by atoms with Gasteiger partial charge in [0, 0.05) is 22.8 Å². The fourth-order valence-corrected chi connectivity index (χ4v) is 4.74. The van der Waals surface area contributed by atoms with Gasteiger partial charge in [0.1, 0.15) is 0 Å². The molecule has 7 nitrogen and oxygen atoms in total. The number of halogens is 3. The molecular formula is C24H26Cl3N5O2S. The van der Waals surface area contributed by atoms with Gasteiger partial charge in [-0.1, -0.05) is 60.4 Å². The number of aryl methyl sites for hydroxylation is 1. The van der Waals surface area contributed by atoms with E-state index in [0.717, 1.165) is 5.56 Å². The van der Waals surface area contributed by atoms with Gasteiger partial charge in [0.05, 0.1) is 21.8 Å². The summed E-state index contributed by atoms with van der Waals surface area (Å²) in [6, 6.07) is 9.64. The minimum atomic E-state index is -0.399. The first-order valence-corrected chi connectivity index (χ1v) is 13.1. The topological polar surface area (TPSA) is 88.9 Å². The number of hydrogen-bond acceptors (Lipinski definition) is 5. The highest BCUT2D eigenvalue weighted by Gasteiger charge is 2.26. The van der Waals surface area contributed by atoms with Crippen LogP contribution in [-0.4, -0.2) is 32.3 Å². The van der Waals surface area contributed by atoms with E-state index in [1.54, 1.807) is 30.3 Å². The molecule has 0 aliphatic rings. The zero-order valence-electron chi connectivity index (χ0n) is 19.7. The molecular weight excluding hydrogens is 529 g/mol. The summed E-state index contributed by atoms with van der Waals surface area (Å²) in [4.78, 5) is 25.4. The van der Waals surface area contributed by atoms with Crippen LogP contribution in [0.25, 0.3) is 0 Å². The Kier molecular flexibility index (Phi) is 9.47. The van der Waals surface area contributed by atoms with Gasteiger partial charge < -0.3 is 15.2 Å². The van der Waals surface area contributed by atoms with Gasteiger partial charge in [-0.2, -0.15) is 0 Å². The molecule has 0 saturated heterocycles. The van der Waals surface area contributed by atoms with E-state index in [9.17, 15) is 9.59 Å². The van der Waals surface area contributed by atoms with Gasteiger partial charge in [-0.05, 0) is 61.7 Å². The van der Waals surface area contributed by atoms with Crippen LogP contribution in [0.15, 0.2) is 41.6 Å². The van der Waals surface area contributed by atoms with Crippen LogP contribution in [0.1, 0.15) is 48.6 Å². The fourth-order valence-electron chi connectivity index (χ4n) is 3.41. The van der Waals surface area contributed by atoms with Gasteiger partial charge in [0.15, 0.2) is 11.0 Å². The Labute approximate surface area is 223 Å². The molecule has 2 amide bonds. The first-order valence-electron chi connectivity index (χ1n) is 11.0. The summed E-state index contributed by atoms with van der Waals surface area (Å²) >= 11 is 19.3. The average Bonchev–Trinajstić information content (AvgIpc) is 3.21. The molecule has 0 bridgehead atoms. The van der Waals surface area contributed by atoms with Crippen LogP contribution in [0.4, 0.5) is 5.69 Å². The lowest BCUT2D eigenvalue weighted by molar-refractivity contribution is -0.113. The molecule has 0 unspecified atom stereocenters. The molecule has 0 spiro atoms. The maximum absolute atomic E-state index is 12.9. The van der Waals surface area contributed by atoms with Crippen molar-refractivity contribution in [3.63, 3.8) is 0 Å². The minimum absolute atomic E-state index is 0.0326. The quantitative estimate of drug-likeness (QED) is 0.298. The van der Waals surface area contributed by atoms with Crippen molar-refractivity contribution in [3.05, 3.63) is 68.4 Å². The Morgan fingerprint density at radius 3 is 2.43 bits per heavy atom. The van der Waals surface area contributed by atoms with E-state index < -0.39 is 6.04 Å². The highest BCUT2D eigenvalue weighted by Crippen LogP contribution is 2.27. The number of thioether (sulfide) groups is 1. The third-order valence-corrected chi connectivity index (χ3v) is 7.21. The fraction of sp³-hybridized carbons (Fsp3) is 0.333. The van der Waals surface area contributed by atoms with E-state index in [0.29, 0.717) is 43.8 Å². The molecule has 1 heterocycles. The summed E-state index contributed by atoms with van der Waals surface area (Å²) in [7, 11) is 0. The predicted octanol–water partition coefficient (Wildman–Crippen LogP) is 6.42. The second-order valence-corrected chi connectivity index (χ2v) is 10.4. The van der Waals surface area contributed by atoms with Gasteiger partial charge >= 0.3 is 0 Å². The minimum Gasteiger partial charge on any atom is -0.342 e. The number of hydrogen-bond donors (Lipinski definition) is 2. The van der Waals surface area contributed by atoms with Gasteiger partial charge in [0.25, 0.3) is 5.91 Å². The summed E-state index contributed by atoms with van der Waals surface area (Å²) in [5.41, 5.74) is 1.99. The van der Waals surface area contributed by atoms with Crippen molar-refractivity contribution in [2.75, 3.05) is 11.1 Å². The summed E-state index contributed by atoms with van der Waals surface area (Å²) in [6.45, 7) is 8.40. The summed E-state index contributed by atoms with van der Waals surface area (Å²) in [5.74, 6) is 0.348. The Hall–Kier alpha value is -2.26. The molecule has 0 aliphatic carbocycles. The molecule has 0 fully saturated rings. The third-order valence-electron chi connectivity index (χ3n) is 5.27. The summed E-state index contributed by atoms with van der Waals surface area (Å²) in [5, 5.41) is 16.5. The van der Waals surface area contributed by atoms with Crippen molar-refractivity contribution in [3.8, 4) is 0 Å². The molecule has 11 heteroatoms. The van der Waals surface area contributed by atoms with Crippen LogP contribution in [0.3, 0.4) is 0 Å². The number of aromatic nitrogens is 3. The van der Waals surface area contributed by atoms with Gasteiger partial charge in [0.2, 0.25) is 5.91 Å². The maximum atomic E-state index is 12.9. The lowest BCUT2D eigenvalue weighted by atomic mass is 10.0. The molecule has 35 heavy (non-hydrogen) atoms. The molecule has 186 valence electrons. The molecule has 3 aromatic rings. The van der Waals surface area contributed by atoms with Crippen LogP contribution < -0.4 is 10.6 Å². The average molecular weight is 555 g/mol. The number of rotatable bonds is 9. The molecule has 1 aromatic heterocycles. The number of nitrogens with one attached hydrogen (secondary N) is 2. The molecule has 2 aromatic carbocycles. The van der Waals surface area contributed by atoms with Gasteiger partial charge in [-0.3, -0.25) is 9.59 Å². The largest absolute Gasteiger partial charge is 0.342 e. The van der Waals surface area contributed by atoms with Crippen LogP contribution >= 0.6 is 46.6 Å². The van der Waals surface area contributed by atoms with Gasteiger partial charge in [-0.15, -0.1) is 10.2 Å². The second-order valence-electron chi connectivity index (χ2n) is 8.21. The summed E-state index contributed by atoms with van der Waals surface area (Å²) in [6.07, 6.45) is 0. The highest BCUT2D eigenvalue weighted by atomic mass is 35.5. The molecule has 0 saturated carbocycles. The highest BCUT2D eigenvalue weighted by molar-refractivity contribution is 7.99. The lowest BCUT2D eigenvalue weighted by Crippen LogP contribution is -2.33. The molecule has 0 radical (unpaired) electrons. The lowest BCUT2D eigenvalue weighted by Gasteiger charge is -2.22. The zero-order chi connectivity index (χ0) is 25.7. The maximum Gasteiger partial charge on any atom is 0.251 e. The Morgan fingerprint density at radius 1 is 1.06 bits per heavy atom. The van der Waals surface area contributed by atoms with Crippen molar-refractivity contribution < 1.29 is 9.59 Å². The number of amides is 2. The van der Waals surface area contributed by atoms with E-state index in [4.69, 9.17) is 34.8 Å². The smallest absolute Gasteiger partial charge is 0.251 e.